The van der Waals surface area contributed by atoms with Crippen LogP contribution in [0.4, 0.5) is 5.69 Å². The summed E-state index contributed by atoms with van der Waals surface area (Å²) >= 11 is 1.42. The summed E-state index contributed by atoms with van der Waals surface area (Å²) in [6.45, 7) is 1.84. The van der Waals surface area contributed by atoms with Crippen molar-refractivity contribution in [1.29, 1.82) is 0 Å². The third kappa shape index (κ3) is 5.04. The summed E-state index contributed by atoms with van der Waals surface area (Å²) in [6, 6.07) is 14.6. The molecule has 0 bridgehead atoms. The molecule has 3 aromatic rings. The number of methoxy groups -OCH3 is 2. The monoisotopic (exact) mass is 399 g/mol. The van der Waals surface area contributed by atoms with Crippen molar-refractivity contribution in [2.45, 2.75) is 17.9 Å². The largest absolute Gasteiger partial charge is 0.497 e. The van der Waals surface area contributed by atoms with Crippen molar-refractivity contribution < 1.29 is 18.8 Å². The molecule has 1 atom stereocenters. The van der Waals surface area contributed by atoms with Crippen LogP contribution in [0.3, 0.4) is 0 Å². The van der Waals surface area contributed by atoms with Crippen LogP contribution in [0, 0.1) is 0 Å². The molecule has 0 fully saturated rings. The molecule has 2 aromatic carbocycles. The Kier molecular flexibility index (Phi) is 6.54. The van der Waals surface area contributed by atoms with Gasteiger partial charge >= 0.3 is 0 Å². The Labute approximate surface area is 167 Å². The fourth-order valence-corrected chi connectivity index (χ4v) is 3.10. The van der Waals surface area contributed by atoms with E-state index < -0.39 is 0 Å². The molecule has 0 radical (unpaired) electrons. The average molecular weight is 399 g/mol. The van der Waals surface area contributed by atoms with Crippen LogP contribution in [0.1, 0.15) is 12.8 Å². The Hall–Kier alpha value is -3.00. The van der Waals surface area contributed by atoms with Crippen LogP contribution < -0.4 is 14.8 Å². The number of carbonyl (C=O) groups is 1. The van der Waals surface area contributed by atoms with Gasteiger partial charge < -0.3 is 19.3 Å². The molecule has 1 N–H and O–H groups in total. The predicted molar refractivity (Wildman–Crippen MR) is 109 cm³/mol. The van der Waals surface area contributed by atoms with Gasteiger partial charge in [0, 0.05) is 11.3 Å². The minimum Gasteiger partial charge on any atom is -0.497 e. The minimum atomic E-state index is -0.283. The summed E-state index contributed by atoms with van der Waals surface area (Å²) in [5.41, 5.74) is 1.53. The quantitative estimate of drug-likeness (QED) is 0.612. The highest BCUT2D eigenvalue weighted by molar-refractivity contribution is 7.99. The third-order valence-corrected chi connectivity index (χ3v) is 5.11. The number of aromatic nitrogens is 2. The van der Waals surface area contributed by atoms with Crippen molar-refractivity contribution >= 4 is 23.4 Å². The van der Waals surface area contributed by atoms with E-state index in [1.807, 2.05) is 31.2 Å². The topological polar surface area (TPSA) is 86.5 Å². The Morgan fingerprint density at radius 2 is 1.89 bits per heavy atom. The second-order valence-electron chi connectivity index (χ2n) is 5.91. The SMILES string of the molecule is COc1ccc(NC(=O)[C@H](C)SCc2nc(-c3cccc(OC)c3)no2)cc1. The van der Waals surface area contributed by atoms with E-state index in [1.165, 1.54) is 11.8 Å². The zero-order chi connectivity index (χ0) is 19.9. The molecule has 3 rings (SSSR count). The maximum Gasteiger partial charge on any atom is 0.237 e. The summed E-state index contributed by atoms with van der Waals surface area (Å²) in [5, 5.41) is 6.60. The fraction of sp³-hybridized carbons (Fsp3) is 0.250. The van der Waals surface area contributed by atoms with Gasteiger partial charge in [0.05, 0.1) is 25.2 Å². The number of hydrogen-bond donors (Lipinski definition) is 1. The van der Waals surface area contributed by atoms with Crippen molar-refractivity contribution in [3.63, 3.8) is 0 Å². The molecule has 0 aliphatic carbocycles. The van der Waals surface area contributed by atoms with E-state index in [0.717, 1.165) is 22.7 Å². The van der Waals surface area contributed by atoms with Gasteiger partial charge in [-0.15, -0.1) is 11.8 Å². The lowest BCUT2D eigenvalue weighted by molar-refractivity contribution is -0.115. The van der Waals surface area contributed by atoms with Crippen molar-refractivity contribution in [1.82, 2.24) is 10.1 Å². The molecule has 0 spiro atoms. The second kappa shape index (κ2) is 9.27. The smallest absolute Gasteiger partial charge is 0.237 e. The standard InChI is InChI=1S/C20H21N3O4S/c1-13(20(24)21-15-7-9-16(25-2)10-8-15)28-12-18-22-19(23-27-18)14-5-4-6-17(11-14)26-3/h4-11,13H,12H2,1-3H3,(H,21,24)/t13-/m0/s1. The molecule has 1 amide bonds. The number of ether oxygens (including phenoxy) is 2. The van der Waals surface area contributed by atoms with E-state index in [2.05, 4.69) is 15.5 Å². The third-order valence-electron chi connectivity index (χ3n) is 3.98. The molecule has 7 nitrogen and oxygen atoms in total. The van der Waals surface area contributed by atoms with Gasteiger partial charge in [-0.3, -0.25) is 4.79 Å². The van der Waals surface area contributed by atoms with Crippen LogP contribution in [-0.2, 0) is 10.5 Å². The van der Waals surface area contributed by atoms with E-state index in [4.69, 9.17) is 14.0 Å². The average Bonchev–Trinajstić information content (AvgIpc) is 3.21. The lowest BCUT2D eigenvalue weighted by atomic mass is 10.2. The van der Waals surface area contributed by atoms with Crippen LogP contribution in [0.2, 0.25) is 0 Å². The summed E-state index contributed by atoms with van der Waals surface area (Å²) in [7, 11) is 3.21. The number of rotatable bonds is 8. The molecule has 0 unspecified atom stereocenters. The Bertz CT molecular complexity index is 927. The molecule has 0 saturated heterocycles. The second-order valence-corrected chi connectivity index (χ2v) is 7.24. The molecular formula is C20H21N3O4S. The Morgan fingerprint density at radius 1 is 1.14 bits per heavy atom. The van der Waals surface area contributed by atoms with E-state index in [0.29, 0.717) is 17.5 Å². The maximum atomic E-state index is 12.3. The molecule has 8 heteroatoms. The number of thioether (sulfide) groups is 1. The lowest BCUT2D eigenvalue weighted by Gasteiger charge is -2.11. The van der Waals surface area contributed by atoms with Crippen molar-refractivity contribution in [3.8, 4) is 22.9 Å². The molecule has 0 saturated carbocycles. The molecular weight excluding hydrogens is 378 g/mol. The maximum absolute atomic E-state index is 12.3. The summed E-state index contributed by atoms with van der Waals surface area (Å²) in [5.74, 6) is 2.76. The van der Waals surface area contributed by atoms with Gasteiger partial charge in [-0.25, -0.2) is 0 Å². The van der Waals surface area contributed by atoms with Crippen LogP contribution in [0.15, 0.2) is 53.1 Å². The lowest BCUT2D eigenvalue weighted by Crippen LogP contribution is -2.22. The van der Waals surface area contributed by atoms with Crippen LogP contribution in [0.5, 0.6) is 11.5 Å². The van der Waals surface area contributed by atoms with E-state index in [-0.39, 0.29) is 11.2 Å². The fourth-order valence-electron chi connectivity index (χ4n) is 2.38. The number of nitrogens with zero attached hydrogens (tertiary/aromatic N) is 2. The molecule has 1 heterocycles. The Morgan fingerprint density at radius 3 is 2.61 bits per heavy atom. The van der Waals surface area contributed by atoms with Gasteiger partial charge in [0.2, 0.25) is 17.6 Å². The molecule has 1 aromatic heterocycles. The first-order chi connectivity index (χ1) is 13.6. The van der Waals surface area contributed by atoms with Crippen molar-refractivity contribution in [2.75, 3.05) is 19.5 Å². The number of amides is 1. The summed E-state index contributed by atoms with van der Waals surface area (Å²) in [4.78, 5) is 16.7. The predicted octanol–water partition coefficient (Wildman–Crippen LogP) is 4.01. The summed E-state index contributed by atoms with van der Waals surface area (Å²) < 4.78 is 15.6. The Balaban J connectivity index is 1.54. The number of carbonyl (C=O) groups excluding carboxylic acids is 1. The highest BCUT2D eigenvalue weighted by atomic mass is 32.2. The van der Waals surface area contributed by atoms with Crippen molar-refractivity contribution in [3.05, 3.63) is 54.4 Å². The number of nitrogens with one attached hydrogen (secondary N) is 1. The van der Waals surface area contributed by atoms with Crippen molar-refractivity contribution in [2.24, 2.45) is 0 Å². The first-order valence-corrected chi connectivity index (χ1v) is 9.67. The van der Waals surface area contributed by atoms with E-state index in [9.17, 15) is 4.79 Å². The van der Waals surface area contributed by atoms with Gasteiger partial charge in [0.25, 0.3) is 0 Å². The van der Waals surface area contributed by atoms with Gasteiger partial charge in [-0.05, 0) is 43.3 Å². The first kappa shape index (κ1) is 19.8. The number of anilines is 1. The number of hydrogen-bond acceptors (Lipinski definition) is 7. The van der Waals surface area contributed by atoms with Gasteiger partial charge in [-0.2, -0.15) is 4.98 Å². The van der Waals surface area contributed by atoms with Crippen LogP contribution >= 0.6 is 11.8 Å². The van der Waals surface area contributed by atoms with Crippen LogP contribution in [0.25, 0.3) is 11.4 Å². The molecule has 146 valence electrons. The molecule has 28 heavy (non-hydrogen) atoms. The highest BCUT2D eigenvalue weighted by Gasteiger charge is 2.16. The van der Waals surface area contributed by atoms with E-state index in [1.54, 1.807) is 38.5 Å². The minimum absolute atomic E-state index is 0.0947. The summed E-state index contributed by atoms with van der Waals surface area (Å²) in [6.07, 6.45) is 0. The van der Waals surface area contributed by atoms with E-state index >= 15 is 0 Å². The van der Waals surface area contributed by atoms with Gasteiger partial charge in [-0.1, -0.05) is 17.3 Å². The zero-order valence-electron chi connectivity index (χ0n) is 15.8. The molecule has 0 aliphatic heterocycles. The van der Waals surface area contributed by atoms with Gasteiger partial charge in [0.1, 0.15) is 11.5 Å². The highest BCUT2D eigenvalue weighted by Crippen LogP contribution is 2.24. The zero-order valence-corrected chi connectivity index (χ0v) is 16.7. The van der Waals surface area contributed by atoms with Crippen LogP contribution in [-0.4, -0.2) is 35.5 Å². The first-order valence-electron chi connectivity index (χ1n) is 8.62. The number of benzene rings is 2. The van der Waals surface area contributed by atoms with Gasteiger partial charge in [0.15, 0.2) is 0 Å². The molecule has 0 aliphatic rings. The normalized spacial score (nSPS) is 11.7.